The van der Waals surface area contributed by atoms with Crippen molar-refractivity contribution in [2.75, 3.05) is 30.0 Å². The molecule has 0 aliphatic carbocycles. The Balaban J connectivity index is 1.98. The molecule has 0 spiro atoms. The molecule has 4 nitrogen and oxygen atoms in total. The molecule has 2 N–H and O–H groups in total. The fourth-order valence-corrected chi connectivity index (χ4v) is 3.17. The SMILES string of the molecule is O=C(CC1CSCCN1)Nc1ccc(Cl)cc1OCC(F)(F)F. The van der Waals surface area contributed by atoms with Crippen molar-refractivity contribution in [3.8, 4) is 5.75 Å². The van der Waals surface area contributed by atoms with Crippen molar-refractivity contribution >= 4 is 35.0 Å². The van der Waals surface area contributed by atoms with Crippen molar-refractivity contribution in [2.45, 2.75) is 18.6 Å². The van der Waals surface area contributed by atoms with Crippen LogP contribution in [0.2, 0.25) is 5.02 Å². The summed E-state index contributed by atoms with van der Waals surface area (Å²) >= 11 is 7.53. The van der Waals surface area contributed by atoms with E-state index in [0.717, 1.165) is 18.1 Å². The Morgan fingerprint density at radius 2 is 2.26 bits per heavy atom. The highest BCUT2D eigenvalue weighted by Gasteiger charge is 2.29. The van der Waals surface area contributed by atoms with Gasteiger partial charge < -0.3 is 15.4 Å². The molecule has 0 saturated carbocycles. The van der Waals surface area contributed by atoms with Gasteiger partial charge in [-0.3, -0.25) is 4.79 Å². The van der Waals surface area contributed by atoms with Crippen LogP contribution in [0.1, 0.15) is 6.42 Å². The van der Waals surface area contributed by atoms with Crippen molar-refractivity contribution in [1.29, 1.82) is 0 Å². The molecule has 9 heteroatoms. The van der Waals surface area contributed by atoms with Crippen LogP contribution in [0.15, 0.2) is 18.2 Å². The highest BCUT2D eigenvalue weighted by atomic mass is 35.5. The van der Waals surface area contributed by atoms with Gasteiger partial charge in [0.1, 0.15) is 5.75 Å². The molecular weight excluding hydrogens is 353 g/mol. The maximum Gasteiger partial charge on any atom is 0.422 e. The lowest BCUT2D eigenvalue weighted by molar-refractivity contribution is -0.153. The van der Waals surface area contributed by atoms with Gasteiger partial charge in [0, 0.05) is 41.6 Å². The second-order valence-corrected chi connectivity index (χ2v) is 6.61. The maximum absolute atomic E-state index is 12.3. The normalized spacial score (nSPS) is 18.5. The molecule has 2 rings (SSSR count). The van der Waals surface area contributed by atoms with E-state index >= 15 is 0 Å². The summed E-state index contributed by atoms with van der Waals surface area (Å²) in [5, 5.41) is 6.03. The number of thioether (sulfide) groups is 1. The molecule has 1 atom stereocenters. The van der Waals surface area contributed by atoms with E-state index < -0.39 is 12.8 Å². The summed E-state index contributed by atoms with van der Waals surface area (Å²) in [7, 11) is 0. The number of amides is 1. The molecule has 0 aromatic heterocycles. The predicted molar refractivity (Wildman–Crippen MR) is 85.4 cm³/mol. The van der Waals surface area contributed by atoms with Crippen molar-refractivity contribution in [2.24, 2.45) is 0 Å². The van der Waals surface area contributed by atoms with Crippen LogP contribution >= 0.6 is 23.4 Å². The molecule has 23 heavy (non-hydrogen) atoms. The number of carbonyl (C=O) groups is 1. The van der Waals surface area contributed by atoms with E-state index in [1.807, 2.05) is 0 Å². The van der Waals surface area contributed by atoms with E-state index in [2.05, 4.69) is 10.6 Å². The molecular formula is C14H16ClF3N2O2S. The van der Waals surface area contributed by atoms with E-state index in [1.165, 1.54) is 18.2 Å². The summed E-state index contributed by atoms with van der Waals surface area (Å²) in [6.45, 7) is -0.611. The van der Waals surface area contributed by atoms with E-state index in [0.29, 0.717) is 0 Å². The lowest BCUT2D eigenvalue weighted by Gasteiger charge is -2.22. The molecule has 1 saturated heterocycles. The van der Waals surface area contributed by atoms with Gasteiger partial charge >= 0.3 is 6.18 Å². The second kappa shape index (κ2) is 8.12. The van der Waals surface area contributed by atoms with E-state index in [-0.39, 0.29) is 34.8 Å². The quantitative estimate of drug-likeness (QED) is 0.837. The number of nitrogens with one attached hydrogen (secondary N) is 2. The van der Waals surface area contributed by atoms with Gasteiger partial charge in [-0.1, -0.05) is 11.6 Å². The smallest absolute Gasteiger partial charge is 0.422 e. The molecule has 1 aromatic rings. The fourth-order valence-electron chi connectivity index (χ4n) is 2.05. The molecule has 1 heterocycles. The third kappa shape index (κ3) is 6.48. The number of carbonyl (C=O) groups excluding carboxylic acids is 1. The highest BCUT2D eigenvalue weighted by molar-refractivity contribution is 7.99. The average molecular weight is 369 g/mol. The Morgan fingerprint density at radius 1 is 1.48 bits per heavy atom. The van der Waals surface area contributed by atoms with Crippen LogP contribution < -0.4 is 15.4 Å². The standard InChI is InChI=1S/C14H16ClF3N2O2S/c15-9-1-2-11(12(5-9)22-8-14(16,17)18)20-13(21)6-10-7-23-4-3-19-10/h1-2,5,10,19H,3-4,6-8H2,(H,20,21). The molecule has 1 unspecified atom stereocenters. The minimum atomic E-state index is -4.47. The van der Waals surface area contributed by atoms with E-state index in [1.54, 1.807) is 11.8 Å². The van der Waals surface area contributed by atoms with Crippen LogP contribution in [-0.2, 0) is 4.79 Å². The Labute approximate surface area is 141 Å². The lowest BCUT2D eigenvalue weighted by Crippen LogP contribution is -2.39. The summed E-state index contributed by atoms with van der Waals surface area (Å²) < 4.78 is 41.6. The van der Waals surface area contributed by atoms with Gasteiger partial charge in [0.05, 0.1) is 5.69 Å². The first-order valence-electron chi connectivity index (χ1n) is 6.93. The van der Waals surface area contributed by atoms with Crippen molar-refractivity contribution in [3.05, 3.63) is 23.2 Å². The molecule has 1 aliphatic rings. The van der Waals surface area contributed by atoms with E-state index in [9.17, 15) is 18.0 Å². The van der Waals surface area contributed by atoms with Crippen LogP contribution in [0.25, 0.3) is 0 Å². The number of halogens is 4. The predicted octanol–water partition coefficient (Wildman–Crippen LogP) is 3.31. The van der Waals surface area contributed by atoms with Gasteiger partial charge in [-0.05, 0) is 12.1 Å². The number of rotatable bonds is 5. The summed E-state index contributed by atoms with van der Waals surface area (Å²) in [5.41, 5.74) is 0.173. The number of anilines is 1. The molecule has 1 amide bonds. The van der Waals surface area contributed by atoms with Crippen LogP contribution in [0, 0.1) is 0 Å². The Hall–Kier alpha value is -1.12. The van der Waals surface area contributed by atoms with Gasteiger partial charge in [0.2, 0.25) is 5.91 Å². The Bertz CT molecular complexity index is 551. The second-order valence-electron chi connectivity index (χ2n) is 5.02. The van der Waals surface area contributed by atoms with Gasteiger partial charge in [0.15, 0.2) is 6.61 Å². The molecule has 1 fully saturated rings. The van der Waals surface area contributed by atoms with Gasteiger partial charge in [-0.15, -0.1) is 0 Å². The minimum absolute atomic E-state index is 0.0561. The fraction of sp³-hybridized carbons (Fsp3) is 0.500. The summed E-state index contributed by atoms with van der Waals surface area (Å²) in [6, 6.07) is 4.21. The third-order valence-electron chi connectivity index (χ3n) is 3.04. The number of benzene rings is 1. The third-order valence-corrected chi connectivity index (χ3v) is 4.41. The number of alkyl halides is 3. The van der Waals surface area contributed by atoms with Crippen molar-refractivity contribution in [1.82, 2.24) is 5.32 Å². The van der Waals surface area contributed by atoms with Crippen LogP contribution in [0.4, 0.5) is 18.9 Å². The van der Waals surface area contributed by atoms with Crippen LogP contribution in [0.5, 0.6) is 5.75 Å². The number of hydrogen-bond donors (Lipinski definition) is 2. The molecule has 0 bridgehead atoms. The number of ether oxygens (including phenoxy) is 1. The molecule has 1 aliphatic heterocycles. The molecule has 1 aromatic carbocycles. The summed E-state index contributed by atoms with van der Waals surface area (Å²) in [5.74, 6) is 1.44. The topological polar surface area (TPSA) is 50.4 Å². The minimum Gasteiger partial charge on any atom is -0.482 e. The van der Waals surface area contributed by atoms with Crippen molar-refractivity contribution < 1.29 is 22.7 Å². The van der Waals surface area contributed by atoms with Gasteiger partial charge in [-0.2, -0.15) is 24.9 Å². The lowest BCUT2D eigenvalue weighted by atomic mass is 10.2. The zero-order valence-electron chi connectivity index (χ0n) is 12.1. The zero-order valence-corrected chi connectivity index (χ0v) is 13.7. The first-order valence-corrected chi connectivity index (χ1v) is 8.47. The van der Waals surface area contributed by atoms with Crippen LogP contribution in [0.3, 0.4) is 0 Å². The van der Waals surface area contributed by atoms with Gasteiger partial charge in [0.25, 0.3) is 0 Å². The first-order chi connectivity index (χ1) is 10.8. The first kappa shape index (κ1) is 18.2. The average Bonchev–Trinajstić information content (AvgIpc) is 2.47. The molecule has 128 valence electrons. The van der Waals surface area contributed by atoms with Gasteiger partial charge in [-0.25, -0.2) is 0 Å². The molecule has 0 radical (unpaired) electrons. The summed E-state index contributed by atoms with van der Waals surface area (Å²) in [4.78, 5) is 12.0. The monoisotopic (exact) mass is 368 g/mol. The maximum atomic E-state index is 12.3. The van der Waals surface area contributed by atoms with Crippen molar-refractivity contribution in [3.63, 3.8) is 0 Å². The van der Waals surface area contributed by atoms with E-state index in [4.69, 9.17) is 16.3 Å². The number of hydrogen-bond acceptors (Lipinski definition) is 4. The largest absolute Gasteiger partial charge is 0.482 e. The highest BCUT2D eigenvalue weighted by Crippen LogP contribution is 2.30. The Kier molecular flexibility index (Phi) is 6.43. The zero-order chi connectivity index (χ0) is 16.9. The summed E-state index contributed by atoms with van der Waals surface area (Å²) in [6.07, 6.45) is -4.22. The van der Waals surface area contributed by atoms with Crippen LogP contribution in [-0.4, -0.2) is 42.8 Å². The Morgan fingerprint density at radius 3 is 2.91 bits per heavy atom.